The fourth-order valence-electron chi connectivity index (χ4n) is 12.8. The second kappa shape index (κ2) is 18.0. The van der Waals surface area contributed by atoms with E-state index in [2.05, 4.69) is 258 Å². The highest BCUT2D eigenvalue weighted by atomic mass is 16.5. The molecule has 0 saturated heterocycles. The Hall–Kier alpha value is -5.88. The molecule has 0 aliphatic heterocycles. The quantitative estimate of drug-likeness (QED) is 0.244. The predicted molar refractivity (Wildman–Crippen MR) is 295 cm³/mol. The van der Waals surface area contributed by atoms with Crippen molar-refractivity contribution in [2.24, 2.45) is 29.1 Å². The number of ether oxygens (including phenoxy) is 4. The van der Waals surface area contributed by atoms with Gasteiger partial charge in [0.15, 0.2) is 0 Å². The molecule has 0 radical (unpaired) electrons. The Bertz CT molecular complexity index is 2870. The van der Waals surface area contributed by atoms with Crippen molar-refractivity contribution in [2.75, 3.05) is 28.4 Å². The van der Waals surface area contributed by atoms with Crippen molar-refractivity contribution in [3.05, 3.63) is 264 Å². The molecule has 0 aromatic heterocycles. The molecule has 0 unspecified atom stereocenters. The van der Waals surface area contributed by atoms with Crippen LogP contribution in [0.15, 0.2) is 231 Å². The van der Waals surface area contributed by atoms with E-state index < -0.39 is 22.4 Å². The molecule has 3 aromatic rings. The third-order valence-corrected chi connectivity index (χ3v) is 18.6. The normalized spacial score (nSPS) is 40.6. The molecule has 368 valence electrons. The lowest BCUT2D eigenvalue weighted by Gasteiger charge is -2.42. The van der Waals surface area contributed by atoms with Gasteiger partial charge in [0.1, 0.15) is 22.4 Å². The predicted octanol–water partition coefficient (Wildman–Crippen LogP) is 14.6. The van der Waals surface area contributed by atoms with E-state index in [4.69, 9.17) is 18.9 Å². The lowest BCUT2D eigenvalue weighted by molar-refractivity contribution is 0.0218. The zero-order chi connectivity index (χ0) is 50.0. The van der Waals surface area contributed by atoms with Crippen LogP contribution in [0.5, 0.6) is 0 Å². The monoisotopic (exact) mass is 953 g/mol. The average Bonchev–Trinajstić information content (AvgIpc) is 3.45. The average molecular weight is 953 g/mol. The first-order valence-electron chi connectivity index (χ1n) is 26.2. The third kappa shape index (κ3) is 8.05. The van der Waals surface area contributed by atoms with Gasteiger partial charge in [-0.3, -0.25) is 0 Å². The van der Waals surface area contributed by atoms with Crippen LogP contribution in [0.1, 0.15) is 85.8 Å². The van der Waals surface area contributed by atoms with E-state index in [9.17, 15) is 0 Å². The molecule has 0 spiro atoms. The van der Waals surface area contributed by atoms with Crippen LogP contribution in [-0.4, -0.2) is 45.2 Å². The lowest BCUT2D eigenvalue weighted by atomic mass is 9.65. The van der Waals surface area contributed by atoms with Gasteiger partial charge >= 0.3 is 0 Å². The second-order valence-electron chi connectivity index (χ2n) is 22.7. The smallest absolute Gasteiger partial charge is 0.129 e. The molecule has 0 heterocycles. The van der Waals surface area contributed by atoms with Gasteiger partial charge in [-0.05, 0) is 109 Å². The Morgan fingerprint density at radius 2 is 0.694 bits per heavy atom. The first kappa shape index (κ1) is 48.4. The molecule has 23 aliphatic rings. The van der Waals surface area contributed by atoms with Crippen LogP contribution < -0.4 is 0 Å². The summed E-state index contributed by atoms with van der Waals surface area (Å²) in [6.07, 6.45) is 62.3. The van der Waals surface area contributed by atoms with Crippen LogP contribution in [0.2, 0.25) is 0 Å². The zero-order valence-corrected chi connectivity index (χ0v) is 43.5. The molecule has 0 N–H and O–H groups in total. The second-order valence-corrected chi connectivity index (χ2v) is 22.7. The van der Waals surface area contributed by atoms with Crippen LogP contribution in [-0.2, 0) is 40.8 Å². The van der Waals surface area contributed by atoms with E-state index in [-0.39, 0.29) is 45.3 Å². The molecule has 72 heavy (non-hydrogen) atoms. The molecule has 3 aromatic carbocycles. The van der Waals surface area contributed by atoms with Crippen LogP contribution in [0.25, 0.3) is 0 Å². The molecule has 0 fully saturated rings. The molecular weight excluding hydrogens is 881 g/mol. The van der Waals surface area contributed by atoms with Crippen molar-refractivity contribution < 1.29 is 18.9 Å². The van der Waals surface area contributed by atoms with Crippen molar-refractivity contribution in [3.63, 3.8) is 0 Å². The summed E-state index contributed by atoms with van der Waals surface area (Å²) in [5.74, 6) is 1.02. The Labute approximate surface area is 429 Å². The SMILES string of the molecule is COC12C=CC(C)(C=C1)c1ccc(cc1)C1(C)C=CC(C)(C=C1)[C@H]1C=C[C@H](CC1)c1ccc(cc1)C1(C)C=CC(OC)(C=C1)C1C=CC(C=C1)C1(OC)C=CC(OC)(C=C1)C1C=CC(C=C1)c1ccc2cc1. The Kier molecular flexibility index (Phi) is 12.1. The first-order chi connectivity index (χ1) is 34.7. The largest absolute Gasteiger partial charge is 0.369 e. The van der Waals surface area contributed by atoms with Crippen molar-refractivity contribution >= 4 is 0 Å². The van der Waals surface area contributed by atoms with Gasteiger partial charge in [0, 0.05) is 79.7 Å². The highest BCUT2D eigenvalue weighted by molar-refractivity contribution is 5.51. The van der Waals surface area contributed by atoms with Crippen molar-refractivity contribution in [1.82, 2.24) is 0 Å². The van der Waals surface area contributed by atoms with Crippen LogP contribution in [0, 0.1) is 29.1 Å². The highest BCUT2D eigenvalue weighted by Gasteiger charge is 2.44. The minimum Gasteiger partial charge on any atom is -0.369 e. The van der Waals surface area contributed by atoms with E-state index in [1.807, 2.05) is 7.11 Å². The topological polar surface area (TPSA) is 36.9 Å². The maximum Gasteiger partial charge on any atom is 0.129 e. The van der Waals surface area contributed by atoms with Crippen molar-refractivity contribution in [1.29, 1.82) is 0 Å². The maximum absolute atomic E-state index is 6.37. The minimum atomic E-state index is -0.657. The van der Waals surface area contributed by atoms with Gasteiger partial charge in [-0.25, -0.2) is 0 Å². The summed E-state index contributed by atoms with van der Waals surface area (Å²) in [7, 11) is 7.21. The van der Waals surface area contributed by atoms with Gasteiger partial charge in [0.05, 0.1) is 0 Å². The van der Waals surface area contributed by atoms with Gasteiger partial charge in [-0.1, -0.05) is 201 Å². The molecule has 4 heteroatoms. The third-order valence-electron chi connectivity index (χ3n) is 18.6. The van der Waals surface area contributed by atoms with E-state index in [1.54, 1.807) is 21.3 Å². The van der Waals surface area contributed by atoms with Gasteiger partial charge < -0.3 is 18.9 Å². The van der Waals surface area contributed by atoms with Gasteiger partial charge in [-0.15, -0.1) is 0 Å². The minimum absolute atomic E-state index is 0.0101. The molecule has 2 atom stereocenters. The summed E-state index contributed by atoms with van der Waals surface area (Å²) in [6, 6.07) is 27.5. The molecule has 20 bridgehead atoms. The van der Waals surface area contributed by atoms with Gasteiger partial charge in [0.25, 0.3) is 0 Å². The van der Waals surface area contributed by atoms with Crippen LogP contribution in [0.4, 0.5) is 0 Å². The number of benzene rings is 3. The lowest BCUT2D eigenvalue weighted by Crippen LogP contribution is -2.44. The Morgan fingerprint density at radius 3 is 1.10 bits per heavy atom. The fourth-order valence-corrected chi connectivity index (χ4v) is 12.8. The van der Waals surface area contributed by atoms with Gasteiger partial charge in [0.2, 0.25) is 0 Å². The maximum atomic E-state index is 6.37. The highest BCUT2D eigenvalue weighted by Crippen LogP contribution is 2.48. The van der Waals surface area contributed by atoms with Crippen LogP contribution >= 0.6 is 0 Å². The molecule has 0 saturated carbocycles. The molecule has 0 amide bonds. The van der Waals surface area contributed by atoms with E-state index >= 15 is 0 Å². The van der Waals surface area contributed by atoms with E-state index in [1.165, 1.54) is 27.8 Å². The number of rotatable bonds is 4. The molecular formula is C68H72O4. The molecule has 26 rings (SSSR count). The van der Waals surface area contributed by atoms with E-state index in [0.29, 0.717) is 11.8 Å². The van der Waals surface area contributed by atoms with Crippen molar-refractivity contribution in [3.8, 4) is 0 Å². The first-order valence-corrected chi connectivity index (χ1v) is 26.2. The molecule has 23 aliphatic carbocycles. The number of allylic oxidation sites excluding steroid dienone is 12. The summed E-state index contributed by atoms with van der Waals surface area (Å²) >= 11 is 0. The summed E-state index contributed by atoms with van der Waals surface area (Å²) in [5.41, 5.74) is 4.25. The van der Waals surface area contributed by atoms with E-state index in [0.717, 1.165) is 18.4 Å². The number of hydrogen-bond donors (Lipinski definition) is 0. The van der Waals surface area contributed by atoms with Gasteiger partial charge in [-0.2, -0.15) is 0 Å². The van der Waals surface area contributed by atoms with Crippen LogP contribution in [0.3, 0.4) is 0 Å². The summed E-state index contributed by atoms with van der Waals surface area (Å²) in [5, 5.41) is 0. The fraction of sp³-hybridized carbons (Fsp3) is 0.353. The Morgan fingerprint density at radius 1 is 0.333 bits per heavy atom. The number of hydrogen-bond acceptors (Lipinski definition) is 4. The Balaban J connectivity index is 0.892. The molecule has 4 nitrogen and oxygen atoms in total. The summed E-state index contributed by atoms with van der Waals surface area (Å²) in [6.45, 7) is 9.32. The zero-order valence-electron chi connectivity index (χ0n) is 43.5. The summed E-state index contributed by atoms with van der Waals surface area (Å²) in [4.78, 5) is 0. The number of methoxy groups -OCH3 is 4. The van der Waals surface area contributed by atoms with Crippen molar-refractivity contribution in [2.45, 2.75) is 91.0 Å². The standard InChI is InChI=1S/C68H72O4/c1-61-33-35-62(2,36-34-61)55-25-27-56(28-26-55)64(4)39-41-65(69-5,42-40-64)57-21-13-51(14-22-57)52-15-23-58(24-16-52)67(71-7)45-47-68(72-8,48-46-67)60-31-29-59(30-32-60)66(70-6)43-37-63(3,38-44-66)54-19-11-50(12-20-54)49-9-17-53(61)18-10-49/h9,11-17,19-49,52-53,58-60H,10,18H2,1-8H3/t49-,52?,53+,58?,59?,60?,61?,62?,63?,64?,65?,66?,67?,68?/m1/s1. The summed E-state index contributed by atoms with van der Waals surface area (Å²) < 4.78 is 25.4.